The normalized spacial score (nSPS) is 0. The van der Waals surface area contributed by atoms with Crippen molar-refractivity contribution in [3.8, 4) is 0 Å². The van der Waals surface area contributed by atoms with Crippen molar-refractivity contribution >= 4 is 141 Å². The van der Waals surface area contributed by atoms with E-state index in [1.54, 1.807) is 0 Å². The van der Waals surface area contributed by atoms with Gasteiger partial charge in [0.1, 0.15) is 0 Å². The smallest absolute Gasteiger partial charge is 0 e. The van der Waals surface area contributed by atoms with Gasteiger partial charge in [-0.1, -0.05) is 0 Å². The predicted octanol–water partition coefficient (Wildman–Crippen LogP) is -11.6. The van der Waals surface area contributed by atoms with Crippen LogP contribution < -0.4 is 0 Å². The van der Waals surface area contributed by atoms with Crippen LogP contribution in [0.3, 0.4) is 0 Å². The molecule has 0 radical (unpaired) electrons. The number of hydrogen-bond donors (Lipinski definition) is 0. The maximum absolute atomic E-state index is 0. The van der Waals surface area contributed by atoms with E-state index in [9.17, 15) is 0 Å². The molecular formula is H32Ge8Yb3. The van der Waals surface area contributed by atoms with Crippen LogP contribution in [-0.2, 0) is 0 Å². The van der Waals surface area contributed by atoms with E-state index in [-0.39, 0.29) is 282 Å². The van der Waals surface area contributed by atoms with E-state index in [2.05, 4.69) is 0 Å². The summed E-state index contributed by atoms with van der Waals surface area (Å²) in [6.45, 7) is 0. The van der Waals surface area contributed by atoms with Crippen molar-refractivity contribution in [3.63, 3.8) is 0 Å². The third-order valence-electron chi connectivity index (χ3n) is 0. The molecule has 0 saturated carbocycles. The summed E-state index contributed by atoms with van der Waals surface area (Å²) in [4.78, 5) is 0. The fourth-order valence-electron chi connectivity index (χ4n) is 0. The van der Waals surface area contributed by atoms with Gasteiger partial charge in [0.2, 0.25) is 0 Å². The molecule has 11 heteroatoms. The molecule has 0 bridgehead atoms. The van der Waals surface area contributed by atoms with E-state index in [1.165, 1.54) is 0 Å². The van der Waals surface area contributed by atoms with Gasteiger partial charge in [-0.2, -0.15) is 0 Å². The predicted molar refractivity (Wildman–Crippen MR) is 90.7 cm³/mol. The van der Waals surface area contributed by atoms with Crippen LogP contribution in [0.4, 0.5) is 0 Å². The third kappa shape index (κ3) is 68.1. The molecule has 0 fully saturated rings. The maximum atomic E-state index is 0. The summed E-state index contributed by atoms with van der Waals surface area (Å²) >= 11 is 0. The molecule has 0 amide bonds. The zero-order chi connectivity index (χ0) is 0. The molecule has 0 aliphatic carbocycles. The molecule has 0 N–H and O–H groups in total. The Hall–Kier alpha value is 8.90. The fourth-order valence-corrected chi connectivity index (χ4v) is 0. The molecule has 0 heterocycles. The summed E-state index contributed by atoms with van der Waals surface area (Å²) in [6.07, 6.45) is 0. The van der Waals surface area contributed by atoms with E-state index in [4.69, 9.17) is 0 Å². The molecule has 0 aliphatic heterocycles. The molecule has 106 valence electrons. The average molecular weight is 1130 g/mol. The van der Waals surface area contributed by atoms with Crippen molar-refractivity contribution in [1.29, 1.82) is 0 Å². The van der Waals surface area contributed by atoms with Gasteiger partial charge in [0.25, 0.3) is 0 Å². The summed E-state index contributed by atoms with van der Waals surface area (Å²) in [6, 6.07) is 0. The van der Waals surface area contributed by atoms with Crippen LogP contribution in [0.15, 0.2) is 0 Å². The van der Waals surface area contributed by atoms with Crippen molar-refractivity contribution in [2.45, 2.75) is 0 Å². The van der Waals surface area contributed by atoms with Crippen molar-refractivity contribution < 1.29 is 141 Å². The standard InChI is InChI=1S/8GeH4.3Yb/h8*1H4;;;. The topological polar surface area (TPSA) is 0 Å². The minimum Gasteiger partial charge on any atom is 0 e. The molecule has 11 heavy (non-hydrogen) atoms. The Morgan fingerprint density at radius 1 is 0.182 bits per heavy atom. The zero-order valence-corrected chi connectivity index (χ0v) is 5.95. The van der Waals surface area contributed by atoms with Crippen molar-refractivity contribution in [3.05, 3.63) is 0 Å². The second kappa shape index (κ2) is 76.4. The number of hydrogen-bond acceptors (Lipinski definition) is 0. The van der Waals surface area contributed by atoms with Gasteiger partial charge < -0.3 is 0 Å². The summed E-state index contributed by atoms with van der Waals surface area (Å²) in [5, 5.41) is 0. The number of rotatable bonds is 0. The third-order valence-corrected chi connectivity index (χ3v) is 0. The minimum atomic E-state index is 0. The Balaban J connectivity index is 0. The van der Waals surface area contributed by atoms with E-state index in [1.807, 2.05) is 0 Å². The molecule has 0 rings (SSSR count). The van der Waals surface area contributed by atoms with E-state index >= 15 is 0 Å². The average Bonchev–Trinajstić information content (AvgIpc) is 0. The van der Waals surface area contributed by atoms with Gasteiger partial charge in [0.15, 0.2) is 0 Å². The van der Waals surface area contributed by atoms with Gasteiger partial charge in [-0.05, 0) is 0 Å². The van der Waals surface area contributed by atoms with Crippen LogP contribution in [-0.4, -0.2) is 141 Å². The molecule has 0 spiro atoms. The molecule has 0 aromatic heterocycles. The fraction of sp³-hybridized carbons (Fsp3) is 0. The molecular weight excluding hydrogens is 1100 g/mol. The second-order valence-corrected chi connectivity index (χ2v) is 0. The van der Waals surface area contributed by atoms with Gasteiger partial charge in [0, 0.05) is 141 Å². The van der Waals surface area contributed by atoms with Crippen LogP contribution in [0.2, 0.25) is 0 Å². The Morgan fingerprint density at radius 3 is 0.182 bits per heavy atom. The summed E-state index contributed by atoms with van der Waals surface area (Å²) < 4.78 is 0. The minimum absolute atomic E-state index is 0. The molecule has 0 nitrogen and oxygen atoms in total. The van der Waals surface area contributed by atoms with Gasteiger partial charge in [0.05, 0.1) is 0 Å². The summed E-state index contributed by atoms with van der Waals surface area (Å²) in [5.41, 5.74) is 0. The van der Waals surface area contributed by atoms with Crippen LogP contribution in [0.25, 0.3) is 0 Å². The Kier molecular flexibility index (Phi) is 624. The van der Waals surface area contributed by atoms with Gasteiger partial charge in [-0.25, -0.2) is 0 Å². The summed E-state index contributed by atoms with van der Waals surface area (Å²) in [7, 11) is 0. The van der Waals surface area contributed by atoms with Gasteiger partial charge >= 0.3 is 141 Å². The van der Waals surface area contributed by atoms with E-state index in [0.717, 1.165) is 0 Å². The van der Waals surface area contributed by atoms with E-state index < -0.39 is 0 Å². The molecule has 0 saturated heterocycles. The first-order chi connectivity index (χ1) is 0. The van der Waals surface area contributed by atoms with Gasteiger partial charge in [-0.3, -0.25) is 0 Å². The molecule has 0 unspecified atom stereocenters. The molecule has 0 aliphatic rings. The molecule has 0 aromatic rings. The quantitative estimate of drug-likeness (QED) is 0.212. The van der Waals surface area contributed by atoms with Crippen molar-refractivity contribution in [2.24, 2.45) is 0 Å². The van der Waals surface area contributed by atoms with Gasteiger partial charge in [-0.15, -0.1) is 0 Å². The summed E-state index contributed by atoms with van der Waals surface area (Å²) in [5.74, 6) is 0. The molecule has 0 atom stereocenters. The first-order valence-electron chi connectivity index (χ1n) is 0. The maximum Gasteiger partial charge on any atom is 0 e. The first kappa shape index (κ1) is 89.7. The first-order valence-corrected chi connectivity index (χ1v) is 0. The molecule has 0 aromatic carbocycles. The monoisotopic (exact) mass is 1150 g/mol. The Bertz CT molecular complexity index is 9.30. The Morgan fingerprint density at radius 2 is 0.182 bits per heavy atom. The van der Waals surface area contributed by atoms with E-state index in [0.29, 0.717) is 0 Å². The largest absolute Gasteiger partial charge is 0 e. The zero-order valence-electron chi connectivity index (χ0n) is 0.802. The van der Waals surface area contributed by atoms with Crippen molar-refractivity contribution in [1.82, 2.24) is 0 Å². The van der Waals surface area contributed by atoms with Crippen LogP contribution in [0, 0.1) is 141 Å². The Labute approximate surface area is 272 Å². The SMILES string of the molecule is [GeH4].[GeH4].[GeH4].[GeH4].[GeH4].[GeH4].[GeH4].[GeH4].[Yb].[Yb].[Yb]. The second-order valence-electron chi connectivity index (χ2n) is 0. The van der Waals surface area contributed by atoms with Crippen LogP contribution in [0.1, 0.15) is 0 Å². The van der Waals surface area contributed by atoms with Crippen LogP contribution in [0.5, 0.6) is 0 Å². The van der Waals surface area contributed by atoms with Crippen LogP contribution >= 0.6 is 0 Å². The van der Waals surface area contributed by atoms with Crippen molar-refractivity contribution in [2.75, 3.05) is 0 Å².